The highest BCUT2D eigenvalue weighted by Crippen LogP contribution is 2.13. The Morgan fingerprint density at radius 2 is 1.88 bits per heavy atom. The largest absolute Gasteiger partial charge is 0.484 e. The molecule has 1 aromatic rings. The molecule has 4 nitrogen and oxygen atoms in total. The molecule has 0 saturated carbocycles. The van der Waals surface area contributed by atoms with E-state index in [1.54, 1.807) is 19.1 Å². The Morgan fingerprint density at radius 3 is 2.31 bits per heavy atom. The van der Waals surface area contributed by atoms with E-state index in [1.807, 2.05) is 6.92 Å². The number of nitrogens with zero attached hydrogens (tertiary/aromatic N) is 1. The van der Waals surface area contributed by atoms with E-state index in [9.17, 15) is 8.42 Å². The lowest BCUT2D eigenvalue weighted by Gasteiger charge is -2.03. The van der Waals surface area contributed by atoms with Gasteiger partial charge >= 0.3 is 0 Å². The molecule has 0 aliphatic rings. The first kappa shape index (κ1) is 12.7. The summed E-state index contributed by atoms with van der Waals surface area (Å²) < 4.78 is 32.1. The van der Waals surface area contributed by atoms with E-state index >= 15 is 0 Å². The molecule has 0 aromatic heterocycles. The normalized spacial score (nSPS) is 12.6. The van der Waals surface area contributed by atoms with Crippen LogP contribution in [0.2, 0.25) is 0 Å². The van der Waals surface area contributed by atoms with E-state index in [0.29, 0.717) is 6.42 Å². The van der Waals surface area contributed by atoms with Crippen molar-refractivity contribution in [3.8, 4) is 0 Å². The van der Waals surface area contributed by atoms with Crippen LogP contribution in [0.3, 0.4) is 0 Å². The van der Waals surface area contributed by atoms with Gasteiger partial charge in [0.25, 0.3) is 10.0 Å². The van der Waals surface area contributed by atoms with Crippen LogP contribution in [0.5, 0.6) is 0 Å². The fourth-order valence-corrected chi connectivity index (χ4v) is 2.20. The SMILES string of the molecule is CC/C(=N/S(=O)(=O)c1ccc(C)cc1)OC. The number of rotatable bonds is 3. The number of hydrogen-bond donors (Lipinski definition) is 0. The van der Waals surface area contributed by atoms with Gasteiger partial charge in [-0.25, -0.2) is 0 Å². The average molecular weight is 241 g/mol. The zero-order valence-electron chi connectivity index (χ0n) is 9.60. The summed E-state index contributed by atoms with van der Waals surface area (Å²) in [4.78, 5) is 0.182. The maximum absolute atomic E-state index is 11.8. The third-order valence-corrected chi connectivity index (χ3v) is 3.39. The number of benzene rings is 1. The molecular formula is C11H15NO3S. The van der Waals surface area contributed by atoms with Crippen LogP contribution < -0.4 is 0 Å². The van der Waals surface area contributed by atoms with Crippen molar-refractivity contribution >= 4 is 15.9 Å². The van der Waals surface area contributed by atoms with Gasteiger partial charge in [-0.2, -0.15) is 8.42 Å². The van der Waals surface area contributed by atoms with Crippen LogP contribution >= 0.6 is 0 Å². The lowest BCUT2D eigenvalue weighted by atomic mass is 10.2. The molecule has 0 saturated heterocycles. The van der Waals surface area contributed by atoms with Gasteiger partial charge in [-0.1, -0.05) is 24.6 Å². The smallest absolute Gasteiger partial charge is 0.285 e. The summed E-state index contributed by atoms with van der Waals surface area (Å²) in [5.41, 5.74) is 1.00. The molecule has 1 rings (SSSR count). The van der Waals surface area contributed by atoms with Crippen LogP contribution in [0, 0.1) is 6.92 Å². The van der Waals surface area contributed by atoms with Crippen LogP contribution in [0.1, 0.15) is 18.9 Å². The van der Waals surface area contributed by atoms with E-state index in [-0.39, 0.29) is 10.8 Å². The Hall–Kier alpha value is -1.36. The summed E-state index contributed by atoms with van der Waals surface area (Å²) in [7, 11) is -2.23. The number of methoxy groups -OCH3 is 1. The molecule has 0 unspecified atom stereocenters. The maximum atomic E-state index is 11.8. The Labute approximate surface area is 96.0 Å². The quantitative estimate of drug-likeness (QED) is 0.601. The van der Waals surface area contributed by atoms with Gasteiger partial charge in [0.2, 0.25) is 0 Å². The maximum Gasteiger partial charge on any atom is 0.285 e. The zero-order chi connectivity index (χ0) is 12.2. The fourth-order valence-electron chi connectivity index (χ4n) is 1.14. The summed E-state index contributed by atoms with van der Waals surface area (Å²) >= 11 is 0. The van der Waals surface area contributed by atoms with E-state index in [1.165, 1.54) is 19.2 Å². The van der Waals surface area contributed by atoms with Gasteiger partial charge in [0.15, 0.2) is 5.90 Å². The minimum atomic E-state index is -3.64. The molecule has 0 N–H and O–H groups in total. The number of hydrogen-bond acceptors (Lipinski definition) is 3. The fraction of sp³-hybridized carbons (Fsp3) is 0.364. The summed E-state index contributed by atoms with van der Waals surface area (Å²) in [6.45, 7) is 3.68. The molecule has 0 aliphatic carbocycles. The highest BCUT2D eigenvalue weighted by Gasteiger charge is 2.13. The van der Waals surface area contributed by atoms with Crippen LogP contribution in [0.15, 0.2) is 33.6 Å². The van der Waals surface area contributed by atoms with E-state index in [4.69, 9.17) is 4.74 Å². The molecule has 0 bridgehead atoms. The molecule has 88 valence electrons. The van der Waals surface area contributed by atoms with E-state index in [2.05, 4.69) is 4.40 Å². The minimum Gasteiger partial charge on any atom is -0.484 e. The summed E-state index contributed by atoms with van der Waals surface area (Å²) in [6.07, 6.45) is 0.446. The van der Waals surface area contributed by atoms with Gasteiger partial charge < -0.3 is 4.74 Å². The van der Waals surface area contributed by atoms with Crippen molar-refractivity contribution < 1.29 is 13.2 Å². The molecule has 0 radical (unpaired) electrons. The van der Waals surface area contributed by atoms with Crippen molar-refractivity contribution in [2.75, 3.05) is 7.11 Å². The first-order valence-corrected chi connectivity index (χ1v) is 6.38. The van der Waals surface area contributed by atoms with Crippen molar-refractivity contribution in [3.05, 3.63) is 29.8 Å². The first-order valence-electron chi connectivity index (χ1n) is 4.94. The Balaban J connectivity index is 3.12. The van der Waals surface area contributed by atoms with Gasteiger partial charge in [0.05, 0.1) is 12.0 Å². The van der Waals surface area contributed by atoms with Crippen LogP contribution in [-0.4, -0.2) is 21.4 Å². The van der Waals surface area contributed by atoms with Gasteiger partial charge in [-0.05, 0) is 19.1 Å². The number of ether oxygens (including phenoxy) is 1. The van der Waals surface area contributed by atoms with Gasteiger partial charge in [0, 0.05) is 6.42 Å². The van der Waals surface area contributed by atoms with Gasteiger partial charge in [-0.3, -0.25) is 0 Å². The molecule has 0 heterocycles. The van der Waals surface area contributed by atoms with E-state index < -0.39 is 10.0 Å². The Morgan fingerprint density at radius 1 is 1.31 bits per heavy atom. The summed E-state index contributed by atoms with van der Waals surface area (Å²) in [5, 5.41) is 0. The van der Waals surface area contributed by atoms with Crippen LogP contribution in [0.4, 0.5) is 0 Å². The Bertz CT molecular complexity index is 468. The third kappa shape index (κ3) is 3.06. The molecule has 1 aromatic carbocycles. The molecule has 0 spiro atoms. The lowest BCUT2D eigenvalue weighted by Crippen LogP contribution is -2.05. The van der Waals surface area contributed by atoms with Crippen molar-refractivity contribution in [1.29, 1.82) is 0 Å². The molecule has 16 heavy (non-hydrogen) atoms. The van der Waals surface area contributed by atoms with Gasteiger partial charge in [-0.15, -0.1) is 4.40 Å². The number of aryl methyl sites for hydroxylation is 1. The molecule has 0 aliphatic heterocycles. The van der Waals surface area contributed by atoms with Crippen molar-refractivity contribution in [1.82, 2.24) is 0 Å². The third-order valence-electron chi connectivity index (χ3n) is 2.08. The molecule has 0 amide bonds. The number of sulfonamides is 1. The van der Waals surface area contributed by atoms with Crippen molar-refractivity contribution in [3.63, 3.8) is 0 Å². The van der Waals surface area contributed by atoms with Crippen LogP contribution in [0.25, 0.3) is 0 Å². The highest BCUT2D eigenvalue weighted by atomic mass is 32.2. The predicted octanol–water partition coefficient (Wildman–Crippen LogP) is 2.14. The summed E-state index contributed by atoms with van der Waals surface area (Å²) in [5.74, 6) is 0.209. The second-order valence-corrected chi connectivity index (χ2v) is 4.93. The van der Waals surface area contributed by atoms with Gasteiger partial charge in [0.1, 0.15) is 0 Å². The second-order valence-electron chi connectivity index (χ2n) is 3.33. The molecular weight excluding hydrogens is 226 g/mol. The Kier molecular flexibility index (Phi) is 4.06. The predicted molar refractivity (Wildman–Crippen MR) is 63.1 cm³/mol. The minimum absolute atomic E-state index is 0.182. The van der Waals surface area contributed by atoms with Crippen molar-refractivity contribution in [2.24, 2.45) is 4.40 Å². The van der Waals surface area contributed by atoms with Crippen molar-refractivity contribution in [2.45, 2.75) is 25.2 Å². The standard InChI is InChI=1S/C11H15NO3S/c1-4-11(15-3)12-16(13,14)10-7-5-9(2)6-8-10/h5-8H,4H2,1-3H3/b12-11-. The molecule has 0 fully saturated rings. The highest BCUT2D eigenvalue weighted by molar-refractivity contribution is 7.90. The average Bonchev–Trinajstić information content (AvgIpc) is 2.26. The zero-order valence-corrected chi connectivity index (χ0v) is 10.4. The molecule has 5 heteroatoms. The first-order chi connectivity index (χ1) is 7.49. The molecule has 0 atom stereocenters. The topological polar surface area (TPSA) is 55.7 Å². The summed E-state index contributed by atoms with van der Waals surface area (Å²) in [6, 6.07) is 6.55. The lowest BCUT2D eigenvalue weighted by molar-refractivity contribution is 0.393. The monoisotopic (exact) mass is 241 g/mol. The van der Waals surface area contributed by atoms with Crippen LogP contribution in [-0.2, 0) is 14.8 Å². The second kappa shape index (κ2) is 5.12. The van der Waals surface area contributed by atoms with E-state index in [0.717, 1.165) is 5.56 Å².